The molecule has 0 spiro atoms. The van der Waals surface area contributed by atoms with Gasteiger partial charge in [-0.2, -0.15) is 0 Å². The standard InChI is InChI=1S/C15H22N2O/c1-2-13-7-6-10-17(12-13)15(18)11-16-14-8-4-3-5-9-14/h3-5,8-9,13,16H,2,6-7,10-12H2,1H3. The molecule has 3 heteroatoms. The summed E-state index contributed by atoms with van der Waals surface area (Å²) >= 11 is 0. The summed E-state index contributed by atoms with van der Waals surface area (Å²) in [7, 11) is 0. The number of likely N-dealkylation sites (tertiary alicyclic amines) is 1. The third-order valence-electron chi connectivity index (χ3n) is 3.67. The van der Waals surface area contributed by atoms with Crippen molar-refractivity contribution in [2.75, 3.05) is 25.0 Å². The maximum absolute atomic E-state index is 12.1. The van der Waals surface area contributed by atoms with E-state index in [1.165, 1.54) is 12.8 Å². The molecule has 1 aliphatic rings. The average Bonchev–Trinajstić information content (AvgIpc) is 2.46. The van der Waals surface area contributed by atoms with Gasteiger partial charge in [0.25, 0.3) is 0 Å². The molecular weight excluding hydrogens is 224 g/mol. The number of amides is 1. The summed E-state index contributed by atoms with van der Waals surface area (Å²) in [6.45, 7) is 4.47. The second kappa shape index (κ2) is 6.43. The van der Waals surface area contributed by atoms with Gasteiger partial charge in [0.1, 0.15) is 0 Å². The molecule has 1 unspecified atom stereocenters. The van der Waals surface area contributed by atoms with Gasteiger partial charge < -0.3 is 10.2 Å². The second-order valence-electron chi connectivity index (χ2n) is 4.98. The largest absolute Gasteiger partial charge is 0.376 e. The molecule has 1 N–H and O–H groups in total. The summed E-state index contributed by atoms with van der Waals surface area (Å²) in [5, 5.41) is 3.18. The molecule has 3 nitrogen and oxygen atoms in total. The number of hydrogen-bond acceptors (Lipinski definition) is 2. The smallest absolute Gasteiger partial charge is 0.241 e. The van der Waals surface area contributed by atoms with Gasteiger partial charge in [-0.3, -0.25) is 4.79 Å². The van der Waals surface area contributed by atoms with E-state index >= 15 is 0 Å². The number of piperidine rings is 1. The molecule has 0 saturated carbocycles. The van der Waals surface area contributed by atoms with E-state index in [2.05, 4.69) is 12.2 Å². The van der Waals surface area contributed by atoms with Gasteiger partial charge in [-0.15, -0.1) is 0 Å². The zero-order valence-electron chi connectivity index (χ0n) is 11.1. The number of carbonyl (C=O) groups is 1. The Kier molecular flexibility index (Phi) is 4.62. The van der Waals surface area contributed by atoms with E-state index in [1.807, 2.05) is 35.2 Å². The molecule has 0 radical (unpaired) electrons. The van der Waals surface area contributed by atoms with Crippen LogP contribution in [0.1, 0.15) is 26.2 Å². The number of hydrogen-bond donors (Lipinski definition) is 1. The minimum Gasteiger partial charge on any atom is -0.376 e. The molecule has 1 amide bonds. The van der Waals surface area contributed by atoms with Crippen molar-refractivity contribution >= 4 is 11.6 Å². The van der Waals surface area contributed by atoms with Crippen LogP contribution in [0.2, 0.25) is 0 Å². The van der Waals surface area contributed by atoms with Crippen molar-refractivity contribution in [2.45, 2.75) is 26.2 Å². The summed E-state index contributed by atoms with van der Waals surface area (Å²) in [5.41, 5.74) is 1.01. The highest BCUT2D eigenvalue weighted by Gasteiger charge is 2.21. The van der Waals surface area contributed by atoms with E-state index in [-0.39, 0.29) is 5.91 Å². The number of rotatable bonds is 4. The molecule has 18 heavy (non-hydrogen) atoms. The number of para-hydroxylation sites is 1. The molecule has 1 heterocycles. The molecule has 0 aliphatic carbocycles. The summed E-state index contributed by atoms with van der Waals surface area (Å²) in [6.07, 6.45) is 3.60. The third kappa shape index (κ3) is 3.49. The van der Waals surface area contributed by atoms with Gasteiger partial charge in [0.2, 0.25) is 5.91 Å². The lowest BCUT2D eigenvalue weighted by atomic mass is 9.96. The molecule has 1 aliphatic heterocycles. The van der Waals surface area contributed by atoms with Crippen molar-refractivity contribution in [3.05, 3.63) is 30.3 Å². The van der Waals surface area contributed by atoms with E-state index in [0.29, 0.717) is 12.5 Å². The van der Waals surface area contributed by atoms with Crippen LogP contribution in [0, 0.1) is 5.92 Å². The lowest BCUT2D eigenvalue weighted by Gasteiger charge is -2.32. The number of nitrogens with one attached hydrogen (secondary N) is 1. The first kappa shape index (κ1) is 12.9. The molecule has 2 rings (SSSR count). The van der Waals surface area contributed by atoms with E-state index in [0.717, 1.165) is 25.2 Å². The van der Waals surface area contributed by atoms with Gasteiger partial charge >= 0.3 is 0 Å². The quantitative estimate of drug-likeness (QED) is 0.886. The summed E-state index contributed by atoms with van der Waals surface area (Å²) < 4.78 is 0. The highest BCUT2D eigenvalue weighted by atomic mass is 16.2. The Balaban J connectivity index is 1.81. The van der Waals surface area contributed by atoms with E-state index in [9.17, 15) is 4.79 Å². The van der Waals surface area contributed by atoms with Crippen molar-refractivity contribution in [1.29, 1.82) is 0 Å². The fourth-order valence-corrected chi connectivity index (χ4v) is 2.47. The minimum absolute atomic E-state index is 0.219. The highest BCUT2D eigenvalue weighted by molar-refractivity contribution is 5.80. The predicted octanol–water partition coefficient (Wildman–Crippen LogP) is 2.75. The Labute approximate surface area is 109 Å². The monoisotopic (exact) mass is 246 g/mol. The summed E-state index contributed by atoms with van der Waals surface area (Å²) in [4.78, 5) is 14.1. The fourth-order valence-electron chi connectivity index (χ4n) is 2.47. The number of nitrogens with zero attached hydrogens (tertiary/aromatic N) is 1. The van der Waals surface area contributed by atoms with Gasteiger partial charge in [0.15, 0.2) is 0 Å². The van der Waals surface area contributed by atoms with E-state index < -0.39 is 0 Å². The molecule has 1 atom stereocenters. The maximum atomic E-state index is 12.1. The first-order valence-corrected chi connectivity index (χ1v) is 6.86. The summed E-state index contributed by atoms with van der Waals surface area (Å²) in [5.74, 6) is 0.913. The third-order valence-corrected chi connectivity index (χ3v) is 3.67. The van der Waals surface area contributed by atoms with Gasteiger partial charge in [-0.05, 0) is 30.9 Å². The van der Waals surface area contributed by atoms with Crippen molar-refractivity contribution < 1.29 is 4.79 Å². The molecule has 98 valence electrons. The van der Waals surface area contributed by atoms with Gasteiger partial charge in [0.05, 0.1) is 6.54 Å². The van der Waals surface area contributed by atoms with Crippen molar-refractivity contribution in [1.82, 2.24) is 4.90 Å². The van der Waals surface area contributed by atoms with Crippen molar-refractivity contribution in [2.24, 2.45) is 5.92 Å². The molecule has 1 fully saturated rings. The van der Waals surface area contributed by atoms with Crippen molar-refractivity contribution in [3.63, 3.8) is 0 Å². The van der Waals surface area contributed by atoms with Gasteiger partial charge in [-0.1, -0.05) is 31.5 Å². The van der Waals surface area contributed by atoms with Gasteiger partial charge in [0, 0.05) is 18.8 Å². The van der Waals surface area contributed by atoms with Gasteiger partial charge in [-0.25, -0.2) is 0 Å². The topological polar surface area (TPSA) is 32.3 Å². The molecular formula is C15H22N2O. The van der Waals surface area contributed by atoms with Crippen LogP contribution >= 0.6 is 0 Å². The minimum atomic E-state index is 0.219. The Morgan fingerprint density at radius 2 is 2.17 bits per heavy atom. The molecule has 0 aromatic heterocycles. The zero-order chi connectivity index (χ0) is 12.8. The van der Waals surface area contributed by atoms with E-state index in [1.54, 1.807) is 0 Å². The highest BCUT2D eigenvalue weighted by Crippen LogP contribution is 2.19. The molecule has 1 aromatic carbocycles. The fraction of sp³-hybridized carbons (Fsp3) is 0.533. The lowest BCUT2D eigenvalue weighted by molar-refractivity contribution is -0.131. The van der Waals surface area contributed by atoms with Crippen LogP contribution < -0.4 is 5.32 Å². The Morgan fingerprint density at radius 1 is 1.39 bits per heavy atom. The van der Waals surface area contributed by atoms with E-state index in [4.69, 9.17) is 0 Å². The van der Waals surface area contributed by atoms with Crippen LogP contribution in [0.3, 0.4) is 0 Å². The SMILES string of the molecule is CCC1CCCN(C(=O)CNc2ccccc2)C1. The lowest BCUT2D eigenvalue weighted by Crippen LogP contribution is -2.42. The molecule has 0 bridgehead atoms. The average molecular weight is 246 g/mol. The van der Waals surface area contributed by atoms with Crippen LogP contribution in [0.25, 0.3) is 0 Å². The predicted molar refractivity (Wildman–Crippen MR) is 74.5 cm³/mol. The summed E-state index contributed by atoms with van der Waals surface area (Å²) in [6, 6.07) is 9.89. The second-order valence-corrected chi connectivity index (χ2v) is 4.98. The normalized spacial score (nSPS) is 19.6. The maximum Gasteiger partial charge on any atom is 0.241 e. The number of benzene rings is 1. The Morgan fingerprint density at radius 3 is 2.89 bits per heavy atom. The molecule has 1 aromatic rings. The van der Waals surface area contributed by atoms with Crippen LogP contribution in [0.15, 0.2) is 30.3 Å². The first-order valence-electron chi connectivity index (χ1n) is 6.86. The Bertz CT molecular complexity index is 377. The van der Waals surface area contributed by atoms with Crippen LogP contribution in [-0.2, 0) is 4.79 Å². The zero-order valence-corrected chi connectivity index (χ0v) is 11.1. The van der Waals surface area contributed by atoms with Crippen LogP contribution in [0.5, 0.6) is 0 Å². The van der Waals surface area contributed by atoms with Crippen LogP contribution in [0.4, 0.5) is 5.69 Å². The number of anilines is 1. The van der Waals surface area contributed by atoms with Crippen molar-refractivity contribution in [3.8, 4) is 0 Å². The first-order chi connectivity index (χ1) is 8.79. The number of carbonyl (C=O) groups excluding carboxylic acids is 1. The van der Waals surface area contributed by atoms with Crippen LogP contribution in [-0.4, -0.2) is 30.4 Å². The molecule has 1 saturated heterocycles. The Hall–Kier alpha value is -1.51.